The molecule has 0 bridgehead atoms. The van der Waals surface area contributed by atoms with Crippen LogP contribution in [0.2, 0.25) is 0 Å². The molecule has 2 aromatic carbocycles. The summed E-state index contributed by atoms with van der Waals surface area (Å²) < 4.78 is 8.37. The SMILES string of the molecule is Cc1ccc2nc(COc3cccc(C(=O)Nc4cccc(C5SCCCS5)c4)c3)cn2c1. The van der Waals surface area contributed by atoms with E-state index in [1.807, 2.05) is 76.7 Å². The van der Waals surface area contributed by atoms with Crippen molar-refractivity contribution in [2.24, 2.45) is 0 Å². The fourth-order valence-electron chi connectivity index (χ4n) is 3.76. The van der Waals surface area contributed by atoms with Crippen molar-refractivity contribution in [3.63, 3.8) is 0 Å². The van der Waals surface area contributed by atoms with Crippen molar-refractivity contribution < 1.29 is 9.53 Å². The highest BCUT2D eigenvalue weighted by Gasteiger charge is 2.17. The lowest BCUT2D eigenvalue weighted by molar-refractivity contribution is 0.102. The van der Waals surface area contributed by atoms with Gasteiger partial charge in [-0.15, -0.1) is 23.5 Å². The minimum atomic E-state index is -0.148. The highest BCUT2D eigenvalue weighted by molar-refractivity contribution is 8.16. The van der Waals surface area contributed by atoms with Gasteiger partial charge in [-0.3, -0.25) is 4.79 Å². The molecule has 3 heterocycles. The fraction of sp³-hybridized carbons (Fsp3) is 0.231. The average Bonchev–Trinajstić information content (AvgIpc) is 3.26. The Hall–Kier alpha value is -2.90. The molecule has 0 radical (unpaired) electrons. The van der Waals surface area contributed by atoms with E-state index in [9.17, 15) is 4.79 Å². The minimum absolute atomic E-state index is 0.148. The number of aromatic nitrogens is 2. The standard InChI is InChI=1S/C26H25N3O2S2/c1-18-9-10-24-27-22(16-29(24)15-18)17-31-23-8-3-5-19(14-23)25(30)28-21-7-2-6-20(13-21)26-32-11-4-12-33-26/h2-3,5-10,13-16,26H,4,11-12,17H2,1H3,(H,28,30). The molecule has 33 heavy (non-hydrogen) atoms. The summed E-state index contributed by atoms with van der Waals surface area (Å²) in [7, 11) is 0. The number of amides is 1. The van der Waals surface area contributed by atoms with Gasteiger partial charge in [0.05, 0.1) is 10.3 Å². The third-order valence-corrected chi connectivity index (χ3v) is 8.39. The molecule has 1 fully saturated rings. The van der Waals surface area contributed by atoms with Gasteiger partial charge in [-0.2, -0.15) is 0 Å². The molecule has 168 valence electrons. The third-order valence-electron chi connectivity index (χ3n) is 5.38. The Kier molecular flexibility index (Phi) is 6.60. The van der Waals surface area contributed by atoms with Crippen molar-refractivity contribution in [3.8, 4) is 5.75 Å². The number of imidazole rings is 1. The topological polar surface area (TPSA) is 55.6 Å². The summed E-state index contributed by atoms with van der Waals surface area (Å²) in [6, 6.07) is 19.5. The molecule has 0 atom stereocenters. The van der Waals surface area contributed by atoms with Crippen LogP contribution in [0.15, 0.2) is 73.1 Å². The number of carbonyl (C=O) groups is 1. The van der Waals surface area contributed by atoms with Crippen molar-refractivity contribution in [2.75, 3.05) is 16.8 Å². The number of fused-ring (bicyclic) bond motifs is 1. The zero-order valence-electron chi connectivity index (χ0n) is 18.4. The van der Waals surface area contributed by atoms with Crippen LogP contribution in [0.1, 0.15) is 38.2 Å². The number of nitrogens with one attached hydrogen (secondary N) is 1. The maximum Gasteiger partial charge on any atom is 0.255 e. The largest absolute Gasteiger partial charge is 0.487 e. The summed E-state index contributed by atoms with van der Waals surface area (Å²) in [4.78, 5) is 17.5. The molecule has 2 aromatic heterocycles. The summed E-state index contributed by atoms with van der Waals surface area (Å²) in [5.41, 5.74) is 5.53. The number of pyridine rings is 1. The Morgan fingerprint density at radius 2 is 1.94 bits per heavy atom. The molecule has 1 aliphatic heterocycles. The van der Waals surface area contributed by atoms with E-state index < -0.39 is 0 Å². The first kappa shape index (κ1) is 21.9. The molecule has 1 N–H and O–H groups in total. The maximum absolute atomic E-state index is 12.9. The molecular formula is C26H25N3O2S2. The average molecular weight is 476 g/mol. The number of thioether (sulfide) groups is 2. The lowest BCUT2D eigenvalue weighted by Crippen LogP contribution is -2.12. The Labute approximate surface area is 202 Å². The first-order valence-corrected chi connectivity index (χ1v) is 13.1. The van der Waals surface area contributed by atoms with E-state index in [1.54, 1.807) is 12.1 Å². The van der Waals surface area contributed by atoms with Gasteiger partial charge in [-0.1, -0.05) is 24.3 Å². The quantitative estimate of drug-likeness (QED) is 0.352. The van der Waals surface area contributed by atoms with Crippen molar-refractivity contribution in [1.82, 2.24) is 9.38 Å². The van der Waals surface area contributed by atoms with Crippen LogP contribution in [-0.2, 0) is 6.61 Å². The minimum Gasteiger partial charge on any atom is -0.487 e. The summed E-state index contributed by atoms with van der Waals surface area (Å²) in [6.45, 7) is 2.39. The molecule has 1 saturated heterocycles. The summed E-state index contributed by atoms with van der Waals surface area (Å²) in [5, 5.41) is 3.03. The van der Waals surface area contributed by atoms with Crippen molar-refractivity contribution in [2.45, 2.75) is 24.5 Å². The number of anilines is 1. The molecule has 0 saturated carbocycles. The number of ether oxygens (including phenoxy) is 1. The van der Waals surface area contributed by atoms with Crippen LogP contribution in [0.4, 0.5) is 5.69 Å². The molecular weight excluding hydrogens is 450 g/mol. The number of aryl methyl sites for hydroxylation is 1. The second-order valence-electron chi connectivity index (χ2n) is 8.03. The van der Waals surface area contributed by atoms with Gasteiger partial charge in [0.1, 0.15) is 18.0 Å². The monoisotopic (exact) mass is 475 g/mol. The molecule has 4 aromatic rings. The first-order chi connectivity index (χ1) is 16.1. The molecule has 1 amide bonds. The van der Waals surface area contributed by atoms with Gasteiger partial charge in [0, 0.05) is 23.6 Å². The highest BCUT2D eigenvalue weighted by Crippen LogP contribution is 2.44. The van der Waals surface area contributed by atoms with Gasteiger partial charge >= 0.3 is 0 Å². The Morgan fingerprint density at radius 1 is 1.09 bits per heavy atom. The summed E-state index contributed by atoms with van der Waals surface area (Å²) in [5.74, 6) is 2.87. The number of carbonyl (C=O) groups excluding carboxylic acids is 1. The number of rotatable bonds is 6. The van der Waals surface area contributed by atoms with Crippen LogP contribution in [0.3, 0.4) is 0 Å². The summed E-state index contributed by atoms with van der Waals surface area (Å²) >= 11 is 3.95. The van der Waals surface area contributed by atoms with Crippen molar-refractivity contribution in [3.05, 3.63) is 95.4 Å². The molecule has 0 aliphatic carbocycles. The van der Waals surface area contributed by atoms with Crippen molar-refractivity contribution in [1.29, 1.82) is 0 Å². The van der Waals surface area contributed by atoms with Gasteiger partial charge in [0.2, 0.25) is 0 Å². The van der Waals surface area contributed by atoms with Crippen LogP contribution in [-0.4, -0.2) is 26.8 Å². The van der Waals surface area contributed by atoms with E-state index in [4.69, 9.17) is 4.74 Å². The predicted molar refractivity (Wildman–Crippen MR) is 137 cm³/mol. The van der Waals surface area contributed by atoms with E-state index in [0.717, 1.165) is 17.0 Å². The van der Waals surface area contributed by atoms with E-state index in [-0.39, 0.29) is 5.91 Å². The maximum atomic E-state index is 12.9. The zero-order chi connectivity index (χ0) is 22.6. The number of nitrogens with zero attached hydrogens (tertiary/aromatic N) is 2. The van der Waals surface area contributed by atoms with Crippen LogP contribution in [0, 0.1) is 6.92 Å². The van der Waals surface area contributed by atoms with Crippen molar-refractivity contribution >= 4 is 40.8 Å². The highest BCUT2D eigenvalue weighted by atomic mass is 32.2. The second kappa shape index (κ2) is 9.93. The number of hydrogen-bond acceptors (Lipinski definition) is 5. The molecule has 1 aliphatic rings. The summed E-state index contributed by atoms with van der Waals surface area (Å²) in [6.07, 6.45) is 5.27. The molecule has 5 nitrogen and oxygen atoms in total. The van der Waals surface area contributed by atoms with Gasteiger partial charge in [0.25, 0.3) is 5.91 Å². The third kappa shape index (κ3) is 5.37. The van der Waals surface area contributed by atoms with Crippen LogP contribution < -0.4 is 10.1 Å². The lowest BCUT2D eigenvalue weighted by atomic mass is 10.1. The van der Waals surface area contributed by atoms with Gasteiger partial charge in [-0.05, 0) is 72.4 Å². The second-order valence-corrected chi connectivity index (χ2v) is 10.8. The molecule has 5 rings (SSSR count). The normalized spacial score (nSPS) is 14.3. The Morgan fingerprint density at radius 3 is 2.82 bits per heavy atom. The molecule has 7 heteroatoms. The van der Waals surface area contributed by atoms with E-state index in [2.05, 4.69) is 29.4 Å². The van der Waals surface area contributed by atoms with E-state index >= 15 is 0 Å². The smallest absolute Gasteiger partial charge is 0.255 e. The molecule has 0 spiro atoms. The van der Waals surface area contributed by atoms with Gasteiger partial charge in [0.15, 0.2) is 0 Å². The Balaban J connectivity index is 1.24. The lowest BCUT2D eigenvalue weighted by Gasteiger charge is -2.21. The first-order valence-electron chi connectivity index (χ1n) is 11.0. The van der Waals surface area contributed by atoms with E-state index in [0.29, 0.717) is 22.5 Å². The van der Waals surface area contributed by atoms with Crippen LogP contribution >= 0.6 is 23.5 Å². The Bertz CT molecular complexity index is 1280. The molecule has 0 unspecified atom stereocenters. The van der Waals surface area contributed by atoms with Crippen LogP contribution in [0.25, 0.3) is 5.65 Å². The zero-order valence-corrected chi connectivity index (χ0v) is 20.0. The van der Waals surface area contributed by atoms with Gasteiger partial charge in [-0.25, -0.2) is 4.98 Å². The van der Waals surface area contributed by atoms with E-state index in [1.165, 1.54) is 29.1 Å². The number of hydrogen-bond donors (Lipinski definition) is 1. The fourth-order valence-corrected chi connectivity index (χ4v) is 6.63. The van der Waals surface area contributed by atoms with Gasteiger partial charge < -0.3 is 14.5 Å². The predicted octanol–water partition coefficient (Wildman–Crippen LogP) is 6.34. The number of benzene rings is 2. The van der Waals surface area contributed by atoms with Crippen LogP contribution in [0.5, 0.6) is 5.75 Å².